The molecule has 0 fully saturated rings. The molecule has 0 heterocycles. The standard InChI is InChI=1S/C29H32O5.H2S.11H2/c1-3-5-7-9-11-13-15-17-19-21-23-28(31)33-26-27(25-30)34-29(32)24-22-20-18-16-14-12-10-8-6-4-2;;;;;;;;;;;;/h1,27,30H,4,6,8,10,12,14,16,18,20,22,24-26H2,2H3;1H2;11*1H/t27-;;;;;;;;;;;;/m1............/s1. The molecule has 0 saturated carbocycles. The van der Waals surface area contributed by atoms with Crippen LogP contribution in [0.25, 0.3) is 0 Å². The van der Waals surface area contributed by atoms with Gasteiger partial charge in [-0.05, 0) is 65.6 Å². The van der Waals surface area contributed by atoms with Crippen LogP contribution in [0.15, 0.2) is 0 Å². The lowest BCUT2D eigenvalue weighted by Gasteiger charge is -2.14. The molecule has 0 aromatic carbocycles. The first-order valence-corrected chi connectivity index (χ1v) is 11.6. The van der Waals surface area contributed by atoms with Gasteiger partial charge in [0, 0.05) is 28.0 Å². The van der Waals surface area contributed by atoms with Crippen molar-refractivity contribution in [3.63, 3.8) is 0 Å². The molecular weight excluding hydrogens is 460 g/mol. The van der Waals surface area contributed by atoms with Crippen LogP contribution in [0.1, 0.15) is 93.2 Å². The molecule has 35 heavy (non-hydrogen) atoms. The minimum absolute atomic E-state index is 0. The summed E-state index contributed by atoms with van der Waals surface area (Å²) in [7, 11) is 0. The Hall–Kier alpha value is -3.39. The number of hydrogen-bond donors (Lipinski definition) is 1. The molecule has 1 atom stereocenters. The zero-order chi connectivity index (χ0) is 25.1. The average Bonchev–Trinajstić information content (AvgIpc) is 2.84. The highest BCUT2D eigenvalue weighted by atomic mass is 32.1. The minimum atomic E-state index is -0.922. The SMILES string of the molecule is C#CC#CC#CC#CC#CC#CC(=O)OC[C@@H](CO)OC(=O)CCCCCCCCCCCC.S.[HH].[HH].[HH].[HH].[HH].[HH].[HH].[HH].[HH].[HH].[HH]. The van der Waals surface area contributed by atoms with Crippen LogP contribution in [-0.4, -0.2) is 36.4 Å². The van der Waals surface area contributed by atoms with Crippen molar-refractivity contribution >= 4 is 25.4 Å². The van der Waals surface area contributed by atoms with E-state index in [4.69, 9.17) is 15.9 Å². The maximum Gasteiger partial charge on any atom is 0.385 e. The van der Waals surface area contributed by atoms with E-state index in [0.29, 0.717) is 0 Å². The fourth-order valence-corrected chi connectivity index (χ4v) is 2.67. The van der Waals surface area contributed by atoms with Crippen LogP contribution in [0.5, 0.6) is 0 Å². The van der Waals surface area contributed by atoms with Gasteiger partial charge in [0.1, 0.15) is 6.61 Å². The Bertz CT molecular complexity index is 1000. The lowest BCUT2D eigenvalue weighted by molar-refractivity contribution is -0.159. The highest BCUT2D eigenvalue weighted by molar-refractivity contribution is 7.59. The van der Waals surface area contributed by atoms with Crippen molar-refractivity contribution in [1.82, 2.24) is 0 Å². The van der Waals surface area contributed by atoms with Gasteiger partial charge >= 0.3 is 11.9 Å². The van der Waals surface area contributed by atoms with E-state index in [0.717, 1.165) is 19.3 Å². The Morgan fingerprint density at radius 3 is 1.80 bits per heavy atom. The third-order valence-electron chi connectivity index (χ3n) is 4.37. The van der Waals surface area contributed by atoms with Crippen molar-refractivity contribution in [3.8, 4) is 71.5 Å². The summed E-state index contributed by atoms with van der Waals surface area (Å²) >= 11 is 0. The highest BCUT2D eigenvalue weighted by Crippen LogP contribution is 2.11. The molecular formula is C29H56O5S. The molecule has 1 N–H and O–H groups in total. The summed E-state index contributed by atoms with van der Waals surface area (Å²) < 4.78 is 10.0. The zero-order valence-electron chi connectivity index (χ0n) is 20.4. The van der Waals surface area contributed by atoms with E-state index in [1.165, 1.54) is 44.9 Å². The number of carbonyl (C=O) groups is 2. The topological polar surface area (TPSA) is 72.8 Å². The van der Waals surface area contributed by atoms with E-state index in [1.54, 1.807) is 0 Å². The number of rotatable bonds is 15. The predicted octanol–water partition coefficient (Wildman–Crippen LogP) is 6.21. The van der Waals surface area contributed by atoms with Crippen molar-refractivity contribution in [3.05, 3.63) is 0 Å². The molecule has 0 aliphatic heterocycles. The van der Waals surface area contributed by atoms with Crippen molar-refractivity contribution in [2.75, 3.05) is 13.2 Å². The second-order valence-electron chi connectivity index (χ2n) is 7.22. The van der Waals surface area contributed by atoms with Crippen molar-refractivity contribution in [1.29, 1.82) is 0 Å². The quantitative estimate of drug-likeness (QED) is 0.121. The summed E-state index contributed by atoms with van der Waals surface area (Å²) in [6.45, 7) is 1.48. The third-order valence-corrected chi connectivity index (χ3v) is 4.37. The first-order valence-electron chi connectivity index (χ1n) is 11.6. The van der Waals surface area contributed by atoms with E-state index < -0.39 is 24.6 Å². The molecule has 208 valence electrons. The summed E-state index contributed by atoms with van der Waals surface area (Å²) in [5.74, 6) is 24.4. The number of carbonyl (C=O) groups excluding carboxylic acids is 2. The summed E-state index contributed by atoms with van der Waals surface area (Å²) in [6, 6.07) is 0. The number of terminal acetylenes is 1. The van der Waals surface area contributed by atoms with Crippen LogP contribution >= 0.6 is 13.5 Å². The lowest BCUT2D eigenvalue weighted by Crippen LogP contribution is -2.28. The van der Waals surface area contributed by atoms with E-state index in [2.05, 4.69) is 72.0 Å². The molecule has 0 bridgehead atoms. The summed E-state index contributed by atoms with van der Waals surface area (Å²) in [4.78, 5) is 23.5. The van der Waals surface area contributed by atoms with Gasteiger partial charge in [0.05, 0.1) is 6.61 Å². The molecule has 0 aliphatic rings. The molecule has 5 nitrogen and oxygen atoms in total. The highest BCUT2D eigenvalue weighted by Gasteiger charge is 2.15. The molecule has 0 spiro atoms. The van der Waals surface area contributed by atoms with Crippen molar-refractivity contribution < 1.29 is 39.9 Å². The Morgan fingerprint density at radius 1 is 0.800 bits per heavy atom. The van der Waals surface area contributed by atoms with Gasteiger partial charge in [-0.2, -0.15) is 13.5 Å². The summed E-state index contributed by atoms with van der Waals surface area (Å²) in [6.07, 6.45) is 16.0. The van der Waals surface area contributed by atoms with Crippen LogP contribution < -0.4 is 0 Å². The minimum Gasteiger partial charge on any atom is -0.456 e. The number of hydrogen-bond acceptors (Lipinski definition) is 5. The van der Waals surface area contributed by atoms with E-state index in [1.807, 2.05) is 0 Å². The van der Waals surface area contributed by atoms with Crippen molar-refractivity contribution in [2.24, 2.45) is 0 Å². The average molecular weight is 517 g/mol. The van der Waals surface area contributed by atoms with Gasteiger partial charge in [-0.15, -0.1) is 6.42 Å². The molecule has 0 aromatic heterocycles. The third kappa shape index (κ3) is 25.1. The monoisotopic (exact) mass is 516 g/mol. The Balaban J connectivity index is -0.0000000825. The van der Waals surface area contributed by atoms with Gasteiger partial charge in [0.15, 0.2) is 6.10 Å². The molecule has 0 saturated heterocycles. The van der Waals surface area contributed by atoms with Crippen LogP contribution in [0.3, 0.4) is 0 Å². The zero-order valence-corrected chi connectivity index (χ0v) is 21.4. The fourth-order valence-electron chi connectivity index (χ4n) is 2.67. The summed E-state index contributed by atoms with van der Waals surface area (Å²) in [5.41, 5.74) is 0. The number of esters is 2. The number of aliphatic hydroxyl groups is 1. The Morgan fingerprint density at radius 2 is 1.29 bits per heavy atom. The van der Waals surface area contributed by atoms with Crippen LogP contribution in [0, 0.1) is 71.5 Å². The van der Waals surface area contributed by atoms with Gasteiger partial charge in [0.2, 0.25) is 0 Å². The Kier molecular flexibility index (Phi) is 25.9. The normalized spacial score (nSPS) is 9.06. The van der Waals surface area contributed by atoms with E-state index in [-0.39, 0.29) is 42.2 Å². The van der Waals surface area contributed by atoms with Gasteiger partial charge in [-0.1, -0.05) is 64.7 Å². The molecule has 0 amide bonds. The molecule has 0 aliphatic carbocycles. The van der Waals surface area contributed by atoms with E-state index >= 15 is 0 Å². The molecule has 6 heteroatoms. The van der Waals surface area contributed by atoms with Crippen LogP contribution in [0.4, 0.5) is 0 Å². The number of aliphatic hydroxyl groups excluding tert-OH is 1. The Labute approximate surface area is 234 Å². The largest absolute Gasteiger partial charge is 0.456 e. The first-order chi connectivity index (χ1) is 16.6. The van der Waals surface area contributed by atoms with Gasteiger partial charge in [-0.25, -0.2) is 4.79 Å². The predicted molar refractivity (Wildman–Crippen MR) is 166 cm³/mol. The van der Waals surface area contributed by atoms with Crippen LogP contribution in [-0.2, 0) is 19.1 Å². The lowest BCUT2D eigenvalue weighted by atomic mass is 10.1. The van der Waals surface area contributed by atoms with Gasteiger partial charge in [-0.3, -0.25) is 4.79 Å². The molecule has 0 radical (unpaired) electrons. The second-order valence-corrected chi connectivity index (χ2v) is 7.22. The molecule has 0 rings (SSSR count). The molecule has 0 aromatic rings. The maximum absolute atomic E-state index is 11.9. The number of unbranched alkanes of at least 4 members (excludes halogenated alkanes) is 9. The smallest absolute Gasteiger partial charge is 0.385 e. The van der Waals surface area contributed by atoms with Crippen LogP contribution in [0.2, 0.25) is 0 Å². The summed E-state index contributed by atoms with van der Waals surface area (Å²) in [5, 5.41) is 9.33. The van der Waals surface area contributed by atoms with E-state index in [9.17, 15) is 14.7 Å². The first kappa shape index (κ1) is 33.8. The molecule has 0 unspecified atom stereocenters. The van der Waals surface area contributed by atoms with Crippen molar-refractivity contribution in [2.45, 2.75) is 83.7 Å². The maximum atomic E-state index is 11.9. The second kappa shape index (κ2) is 26.9. The van der Waals surface area contributed by atoms with Gasteiger partial charge in [0.25, 0.3) is 0 Å². The van der Waals surface area contributed by atoms with Gasteiger partial charge < -0.3 is 14.6 Å². The number of ether oxygens (including phenoxy) is 2. The fraction of sp³-hybridized carbons (Fsp3) is 0.517.